The molecular formula is C14H18ClN3O. The molecule has 1 aliphatic rings. The number of hydrogen-bond donors (Lipinski definition) is 1. The van der Waals surface area contributed by atoms with Crippen LogP contribution in [0.25, 0.3) is 11.0 Å². The molecule has 0 saturated carbocycles. The summed E-state index contributed by atoms with van der Waals surface area (Å²) in [6.45, 7) is 1.58. The molecule has 4 nitrogen and oxygen atoms in total. The number of nitrogens with zero attached hydrogens (tertiary/aromatic N) is 2. The van der Waals surface area contributed by atoms with Crippen molar-refractivity contribution in [1.82, 2.24) is 14.9 Å². The maximum absolute atomic E-state index is 6.42. The first-order valence-electron chi connectivity index (χ1n) is 6.71. The fourth-order valence-electron chi connectivity index (χ4n) is 2.61. The number of nitrogens with one attached hydrogen (secondary N) is 1. The lowest BCUT2D eigenvalue weighted by atomic mass is 10.1. The SMILES string of the molecule is CNCc1ccc2c(ncn2C2CCCCO2)c1Cl. The largest absolute Gasteiger partial charge is 0.358 e. The summed E-state index contributed by atoms with van der Waals surface area (Å²) in [5.74, 6) is 0. The molecule has 19 heavy (non-hydrogen) atoms. The van der Waals surface area contributed by atoms with E-state index in [-0.39, 0.29) is 6.23 Å². The van der Waals surface area contributed by atoms with E-state index in [2.05, 4.69) is 27.0 Å². The Morgan fingerprint density at radius 2 is 2.37 bits per heavy atom. The number of hydrogen-bond acceptors (Lipinski definition) is 3. The van der Waals surface area contributed by atoms with Gasteiger partial charge in [0.1, 0.15) is 11.7 Å². The summed E-state index contributed by atoms with van der Waals surface area (Å²) < 4.78 is 7.92. The molecule has 1 aliphatic heterocycles. The monoisotopic (exact) mass is 279 g/mol. The summed E-state index contributed by atoms with van der Waals surface area (Å²) in [5, 5.41) is 3.85. The molecule has 0 radical (unpaired) electrons. The Morgan fingerprint density at radius 1 is 1.47 bits per heavy atom. The second-order valence-electron chi connectivity index (χ2n) is 4.91. The van der Waals surface area contributed by atoms with Gasteiger partial charge < -0.3 is 14.6 Å². The van der Waals surface area contributed by atoms with E-state index in [1.54, 1.807) is 0 Å². The molecule has 0 amide bonds. The lowest BCUT2D eigenvalue weighted by Crippen LogP contribution is -2.17. The average molecular weight is 280 g/mol. The Hall–Kier alpha value is -1.10. The van der Waals surface area contributed by atoms with Gasteiger partial charge in [0.2, 0.25) is 0 Å². The highest BCUT2D eigenvalue weighted by molar-refractivity contribution is 6.35. The zero-order chi connectivity index (χ0) is 13.2. The van der Waals surface area contributed by atoms with Crippen molar-refractivity contribution in [1.29, 1.82) is 0 Å². The third kappa shape index (κ3) is 2.36. The fourth-order valence-corrected chi connectivity index (χ4v) is 2.88. The molecule has 1 unspecified atom stereocenters. The first-order valence-corrected chi connectivity index (χ1v) is 7.09. The van der Waals surface area contributed by atoms with Crippen molar-refractivity contribution in [2.75, 3.05) is 13.7 Å². The number of fused-ring (bicyclic) bond motifs is 1. The molecular weight excluding hydrogens is 262 g/mol. The molecule has 1 fully saturated rings. The predicted octanol–water partition coefficient (Wildman–Crippen LogP) is 3.11. The Labute approximate surface area is 117 Å². The number of imidazole rings is 1. The van der Waals surface area contributed by atoms with Crippen LogP contribution in [0, 0.1) is 0 Å². The van der Waals surface area contributed by atoms with Gasteiger partial charge in [-0.15, -0.1) is 0 Å². The van der Waals surface area contributed by atoms with Gasteiger partial charge in [-0.05, 0) is 37.9 Å². The molecule has 1 N–H and O–H groups in total. The summed E-state index contributed by atoms with van der Waals surface area (Å²) in [5.41, 5.74) is 2.99. The average Bonchev–Trinajstić information content (AvgIpc) is 2.88. The second kappa shape index (κ2) is 5.49. The van der Waals surface area contributed by atoms with Crippen molar-refractivity contribution in [3.05, 3.63) is 29.0 Å². The van der Waals surface area contributed by atoms with Crippen LogP contribution >= 0.6 is 11.6 Å². The molecule has 1 aromatic heterocycles. The molecule has 0 bridgehead atoms. The zero-order valence-corrected chi connectivity index (χ0v) is 11.8. The smallest absolute Gasteiger partial charge is 0.135 e. The number of rotatable bonds is 3. The van der Waals surface area contributed by atoms with Crippen molar-refractivity contribution in [2.24, 2.45) is 0 Å². The van der Waals surface area contributed by atoms with Crippen LogP contribution in [0.15, 0.2) is 18.5 Å². The molecule has 102 valence electrons. The van der Waals surface area contributed by atoms with Crippen molar-refractivity contribution >= 4 is 22.6 Å². The minimum atomic E-state index is 0.102. The van der Waals surface area contributed by atoms with E-state index in [9.17, 15) is 0 Å². The third-order valence-electron chi connectivity index (χ3n) is 3.60. The first-order chi connectivity index (χ1) is 9.31. The van der Waals surface area contributed by atoms with Gasteiger partial charge in [-0.25, -0.2) is 4.98 Å². The van der Waals surface area contributed by atoms with Crippen LogP contribution in [0.5, 0.6) is 0 Å². The van der Waals surface area contributed by atoms with Gasteiger partial charge in [0.25, 0.3) is 0 Å². The van der Waals surface area contributed by atoms with Gasteiger partial charge in [-0.3, -0.25) is 0 Å². The maximum atomic E-state index is 6.42. The van der Waals surface area contributed by atoms with Crippen LogP contribution in [0.1, 0.15) is 31.1 Å². The van der Waals surface area contributed by atoms with E-state index in [1.807, 2.05) is 13.4 Å². The highest BCUT2D eigenvalue weighted by Gasteiger charge is 2.19. The Morgan fingerprint density at radius 3 is 3.11 bits per heavy atom. The minimum absolute atomic E-state index is 0.102. The van der Waals surface area contributed by atoms with E-state index in [0.29, 0.717) is 0 Å². The van der Waals surface area contributed by atoms with Gasteiger partial charge >= 0.3 is 0 Å². The van der Waals surface area contributed by atoms with Crippen LogP contribution in [0.2, 0.25) is 5.02 Å². The second-order valence-corrected chi connectivity index (χ2v) is 5.29. The van der Waals surface area contributed by atoms with Crippen molar-refractivity contribution in [3.63, 3.8) is 0 Å². The van der Waals surface area contributed by atoms with Crippen LogP contribution in [0.3, 0.4) is 0 Å². The molecule has 2 aromatic rings. The number of benzene rings is 1. The Balaban J connectivity index is 2.01. The molecule has 3 rings (SSSR count). The van der Waals surface area contributed by atoms with E-state index >= 15 is 0 Å². The first kappa shape index (κ1) is 12.9. The fraction of sp³-hybridized carbons (Fsp3) is 0.500. The zero-order valence-electron chi connectivity index (χ0n) is 11.0. The van der Waals surface area contributed by atoms with E-state index in [1.165, 1.54) is 6.42 Å². The highest BCUT2D eigenvalue weighted by atomic mass is 35.5. The van der Waals surface area contributed by atoms with Crippen molar-refractivity contribution in [3.8, 4) is 0 Å². The quantitative estimate of drug-likeness (QED) is 0.938. The normalized spacial score (nSPS) is 20.0. The summed E-state index contributed by atoms with van der Waals surface area (Å²) in [4.78, 5) is 4.46. The van der Waals surface area contributed by atoms with Crippen LogP contribution in [0.4, 0.5) is 0 Å². The number of ether oxygens (including phenoxy) is 1. The molecule has 1 atom stereocenters. The molecule has 0 spiro atoms. The molecule has 2 heterocycles. The summed E-state index contributed by atoms with van der Waals surface area (Å²) in [7, 11) is 1.91. The molecule has 1 aromatic carbocycles. The third-order valence-corrected chi connectivity index (χ3v) is 4.02. The topological polar surface area (TPSA) is 39.1 Å². The van der Waals surface area contributed by atoms with Crippen molar-refractivity contribution in [2.45, 2.75) is 32.0 Å². The van der Waals surface area contributed by atoms with E-state index in [0.717, 1.165) is 47.6 Å². The van der Waals surface area contributed by atoms with E-state index < -0.39 is 0 Å². The molecule has 1 saturated heterocycles. The Bertz CT molecular complexity index is 575. The lowest BCUT2D eigenvalue weighted by Gasteiger charge is -2.24. The van der Waals surface area contributed by atoms with Gasteiger partial charge in [0, 0.05) is 13.2 Å². The van der Waals surface area contributed by atoms with Gasteiger partial charge in [0.15, 0.2) is 0 Å². The minimum Gasteiger partial charge on any atom is -0.358 e. The molecule has 5 heteroatoms. The van der Waals surface area contributed by atoms with Crippen LogP contribution < -0.4 is 5.32 Å². The number of halogens is 1. The van der Waals surface area contributed by atoms with Crippen LogP contribution in [-0.4, -0.2) is 23.2 Å². The molecule has 0 aliphatic carbocycles. The van der Waals surface area contributed by atoms with Crippen molar-refractivity contribution < 1.29 is 4.74 Å². The van der Waals surface area contributed by atoms with Crippen LogP contribution in [-0.2, 0) is 11.3 Å². The van der Waals surface area contributed by atoms with E-state index in [4.69, 9.17) is 16.3 Å². The lowest BCUT2D eigenvalue weighted by molar-refractivity contribution is -0.0295. The van der Waals surface area contributed by atoms with Gasteiger partial charge in [-0.1, -0.05) is 17.7 Å². The standard InChI is InChI=1S/C14H18ClN3O/c1-16-8-10-5-6-11-14(13(10)15)17-9-18(11)12-4-2-3-7-19-12/h5-6,9,12,16H,2-4,7-8H2,1H3. The predicted molar refractivity (Wildman–Crippen MR) is 76.3 cm³/mol. The summed E-state index contributed by atoms with van der Waals surface area (Å²) >= 11 is 6.42. The summed E-state index contributed by atoms with van der Waals surface area (Å²) in [6, 6.07) is 4.14. The van der Waals surface area contributed by atoms with Gasteiger partial charge in [-0.2, -0.15) is 0 Å². The number of aromatic nitrogens is 2. The summed E-state index contributed by atoms with van der Waals surface area (Å²) in [6.07, 6.45) is 5.34. The van der Waals surface area contributed by atoms with Gasteiger partial charge in [0.05, 0.1) is 16.9 Å². The maximum Gasteiger partial charge on any atom is 0.135 e. The Kier molecular flexibility index (Phi) is 3.73. The highest BCUT2D eigenvalue weighted by Crippen LogP contribution is 2.31.